The van der Waals surface area contributed by atoms with Crippen LogP contribution in [-0.2, 0) is 11.2 Å². The minimum Gasteiger partial charge on any atom is -0.342 e. The van der Waals surface area contributed by atoms with Gasteiger partial charge in [-0.2, -0.15) is 5.10 Å². The van der Waals surface area contributed by atoms with E-state index in [0.29, 0.717) is 24.6 Å². The summed E-state index contributed by atoms with van der Waals surface area (Å²) in [6.07, 6.45) is 3.59. The number of aromatic nitrogens is 3. The van der Waals surface area contributed by atoms with Crippen molar-refractivity contribution in [3.8, 4) is 0 Å². The van der Waals surface area contributed by atoms with Gasteiger partial charge in [0.1, 0.15) is 5.82 Å². The smallest absolute Gasteiger partial charge is 0.227 e. The van der Waals surface area contributed by atoms with Crippen LogP contribution in [0.4, 0.5) is 4.39 Å². The first-order chi connectivity index (χ1) is 12.2. The molecular formula is C19H19FN4O. The summed E-state index contributed by atoms with van der Waals surface area (Å²) in [6.45, 7) is 1.36. The molecule has 1 N–H and O–H groups in total. The average molecular weight is 338 g/mol. The molecule has 0 spiro atoms. The SMILES string of the molecule is O=C(Cc1ccccc1F)N1CCC(c2[nH]nc3ncccc23)CC1. The first-order valence-corrected chi connectivity index (χ1v) is 8.52. The van der Waals surface area contributed by atoms with Crippen molar-refractivity contribution in [1.82, 2.24) is 20.1 Å². The number of hydrogen-bond acceptors (Lipinski definition) is 3. The standard InChI is InChI=1S/C19H19FN4O/c20-16-6-2-1-4-14(16)12-17(25)24-10-7-13(8-11-24)18-15-5-3-9-21-19(15)23-22-18/h1-6,9,13H,7-8,10-12H2,(H,21,22,23). The number of piperidine rings is 1. The molecule has 1 saturated heterocycles. The number of H-pyrrole nitrogens is 1. The maximum atomic E-state index is 13.7. The summed E-state index contributed by atoms with van der Waals surface area (Å²) in [5.74, 6) is 0.00793. The van der Waals surface area contributed by atoms with Gasteiger partial charge in [-0.3, -0.25) is 9.89 Å². The molecule has 3 aromatic rings. The summed E-state index contributed by atoms with van der Waals surface area (Å²) in [6, 6.07) is 10.4. The zero-order valence-electron chi connectivity index (χ0n) is 13.8. The Morgan fingerprint density at radius 1 is 1.20 bits per heavy atom. The lowest BCUT2D eigenvalue weighted by molar-refractivity contribution is -0.131. The van der Waals surface area contributed by atoms with Crippen molar-refractivity contribution in [2.75, 3.05) is 13.1 Å². The molecule has 1 amide bonds. The largest absolute Gasteiger partial charge is 0.342 e. The number of fused-ring (bicyclic) bond motifs is 1. The van der Waals surface area contributed by atoms with Crippen LogP contribution >= 0.6 is 0 Å². The van der Waals surface area contributed by atoms with Gasteiger partial charge in [-0.15, -0.1) is 0 Å². The average Bonchev–Trinajstić information content (AvgIpc) is 3.08. The fourth-order valence-electron chi connectivity index (χ4n) is 3.51. The molecule has 0 radical (unpaired) electrons. The molecule has 4 rings (SSSR count). The molecule has 1 aliphatic rings. The Morgan fingerprint density at radius 3 is 2.80 bits per heavy atom. The van der Waals surface area contributed by atoms with Crippen LogP contribution in [0.25, 0.3) is 11.0 Å². The van der Waals surface area contributed by atoms with Crippen molar-refractivity contribution in [3.63, 3.8) is 0 Å². The second-order valence-corrected chi connectivity index (χ2v) is 6.44. The van der Waals surface area contributed by atoms with Crippen molar-refractivity contribution in [2.24, 2.45) is 0 Å². The third kappa shape index (κ3) is 3.12. The lowest BCUT2D eigenvalue weighted by atomic mass is 9.91. The third-order valence-electron chi connectivity index (χ3n) is 4.91. The summed E-state index contributed by atoms with van der Waals surface area (Å²) >= 11 is 0. The van der Waals surface area contributed by atoms with E-state index < -0.39 is 0 Å². The van der Waals surface area contributed by atoms with Crippen LogP contribution in [0.5, 0.6) is 0 Å². The highest BCUT2D eigenvalue weighted by molar-refractivity contribution is 5.79. The molecule has 0 unspecified atom stereocenters. The predicted molar refractivity (Wildman–Crippen MR) is 92.5 cm³/mol. The minimum atomic E-state index is -0.317. The van der Waals surface area contributed by atoms with Crippen molar-refractivity contribution in [3.05, 3.63) is 59.7 Å². The van der Waals surface area contributed by atoms with Crippen LogP contribution in [0.2, 0.25) is 0 Å². The molecule has 128 valence electrons. The van der Waals surface area contributed by atoms with Gasteiger partial charge >= 0.3 is 0 Å². The second-order valence-electron chi connectivity index (χ2n) is 6.44. The Bertz CT molecular complexity index is 899. The number of nitrogens with one attached hydrogen (secondary N) is 1. The van der Waals surface area contributed by atoms with Gasteiger partial charge in [-0.1, -0.05) is 18.2 Å². The molecule has 0 bridgehead atoms. The predicted octanol–water partition coefficient (Wildman–Crippen LogP) is 3.05. The van der Waals surface area contributed by atoms with Gasteiger partial charge in [0.25, 0.3) is 0 Å². The van der Waals surface area contributed by atoms with Gasteiger partial charge in [-0.25, -0.2) is 9.37 Å². The van der Waals surface area contributed by atoms with Crippen LogP contribution in [0.1, 0.15) is 30.0 Å². The van der Waals surface area contributed by atoms with Crippen LogP contribution in [-0.4, -0.2) is 39.1 Å². The number of pyridine rings is 1. The maximum absolute atomic E-state index is 13.7. The van der Waals surface area contributed by atoms with Crippen LogP contribution in [0.3, 0.4) is 0 Å². The van der Waals surface area contributed by atoms with Gasteiger partial charge < -0.3 is 4.90 Å². The fourth-order valence-corrected chi connectivity index (χ4v) is 3.51. The summed E-state index contributed by atoms with van der Waals surface area (Å²) < 4.78 is 13.7. The molecule has 5 nitrogen and oxygen atoms in total. The number of benzene rings is 1. The van der Waals surface area contributed by atoms with Gasteiger partial charge in [0.15, 0.2) is 5.65 Å². The topological polar surface area (TPSA) is 61.9 Å². The Balaban J connectivity index is 1.41. The number of carbonyl (C=O) groups is 1. The zero-order chi connectivity index (χ0) is 17.2. The molecule has 6 heteroatoms. The van der Waals surface area contributed by atoms with E-state index in [9.17, 15) is 9.18 Å². The normalized spacial score (nSPS) is 15.6. The van der Waals surface area contributed by atoms with Gasteiger partial charge in [-0.05, 0) is 36.6 Å². The van der Waals surface area contributed by atoms with E-state index in [-0.39, 0.29) is 18.1 Å². The highest BCUT2D eigenvalue weighted by Crippen LogP contribution is 2.31. The van der Waals surface area contributed by atoms with Crippen molar-refractivity contribution >= 4 is 16.9 Å². The highest BCUT2D eigenvalue weighted by Gasteiger charge is 2.26. The summed E-state index contributed by atoms with van der Waals surface area (Å²) in [7, 11) is 0. The third-order valence-corrected chi connectivity index (χ3v) is 4.91. The molecule has 1 aromatic carbocycles. The van der Waals surface area contributed by atoms with Crippen LogP contribution in [0.15, 0.2) is 42.6 Å². The van der Waals surface area contributed by atoms with E-state index in [4.69, 9.17) is 0 Å². The van der Waals surface area contributed by atoms with Gasteiger partial charge in [0.2, 0.25) is 5.91 Å². The number of likely N-dealkylation sites (tertiary alicyclic amines) is 1. The monoisotopic (exact) mass is 338 g/mol. The van der Waals surface area contributed by atoms with E-state index >= 15 is 0 Å². The molecule has 1 aliphatic heterocycles. The van der Waals surface area contributed by atoms with E-state index in [1.54, 1.807) is 24.4 Å². The molecule has 0 saturated carbocycles. The summed E-state index contributed by atoms with van der Waals surface area (Å²) in [5, 5.41) is 8.42. The number of amides is 1. The van der Waals surface area contributed by atoms with E-state index in [0.717, 1.165) is 29.6 Å². The number of hydrogen-bond donors (Lipinski definition) is 1. The Morgan fingerprint density at radius 2 is 2.00 bits per heavy atom. The highest BCUT2D eigenvalue weighted by atomic mass is 19.1. The first-order valence-electron chi connectivity index (χ1n) is 8.52. The van der Waals surface area contributed by atoms with Crippen molar-refractivity contribution in [1.29, 1.82) is 0 Å². The number of carbonyl (C=O) groups excluding carboxylic acids is 1. The van der Waals surface area contributed by atoms with Gasteiger partial charge in [0, 0.05) is 36.3 Å². The Kier molecular flexibility index (Phi) is 4.17. The number of halogens is 1. The molecule has 2 aromatic heterocycles. The van der Waals surface area contributed by atoms with E-state index in [1.807, 2.05) is 17.0 Å². The molecule has 3 heterocycles. The summed E-state index contributed by atoms with van der Waals surface area (Å²) in [4.78, 5) is 18.5. The first kappa shape index (κ1) is 15.7. The lowest BCUT2D eigenvalue weighted by Gasteiger charge is -2.31. The lowest BCUT2D eigenvalue weighted by Crippen LogP contribution is -2.39. The zero-order valence-corrected chi connectivity index (χ0v) is 13.8. The van der Waals surface area contributed by atoms with Crippen LogP contribution < -0.4 is 0 Å². The Labute approximate surface area is 144 Å². The van der Waals surface area contributed by atoms with Crippen LogP contribution in [0, 0.1) is 5.82 Å². The van der Waals surface area contributed by atoms with E-state index in [1.165, 1.54) is 6.07 Å². The Hall–Kier alpha value is -2.76. The quantitative estimate of drug-likeness (QED) is 0.798. The fraction of sp³-hybridized carbons (Fsp3) is 0.316. The molecule has 25 heavy (non-hydrogen) atoms. The van der Waals surface area contributed by atoms with Gasteiger partial charge in [0.05, 0.1) is 6.42 Å². The molecule has 0 atom stereocenters. The molecule has 1 fully saturated rings. The summed E-state index contributed by atoms with van der Waals surface area (Å²) in [5.41, 5.74) is 2.29. The minimum absolute atomic E-state index is 0.0142. The number of rotatable bonds is 3. The van der Waals surface area contributed by atoms with Crippen molar-refractivity contribution < 1.29 is 9.18 Å². The molecular weight excluding hydrogens is 319 g/mol. The van der Waals surface area contributed by atoms with Crippen molar-refractivity contribution in [2.45, 2.75) is 25.2 Å². The number of nitrogens with zero attached hydrogens (tertiary/aromatic N) is 3. The number of aromatic amines is 1. The van der Waals surface area contributed by atoms with E-state index in [2.05, 4.69) is 15.2 Å². The second kappa shape index (κ2) is 6.63. The maximum Gasteiger partial charge on any atom is 0.227 e. The molecule has 0 aliphatic carbocycles.